The topological polar surface area (TPSA) is 50.4 Å². The highest BCUT2D eigenvalue weighted by molar-refractivity contribution is 5.69. The number of carbonyl (C=O) groups excluding carboxylic acids is 1. The van der Waals surface area contributed by atoms with Gasteiger partial charge < -0.3 is 15.4 Å². The van der Waals surface area contributed by atoms with Crippen LogP contribution in [0, 0.1) is 0 Å². The lowest BCUT2D eigenvalue weighted by molar-refractivity contribution is -0.140. The van der Waals surface area contributed by atoms with Crippen LogP contribution >= 0.6 is 0 Å². The molecule has 4 nitrogen and oxygen atoms in total. The van der Waals surface area contributed by atoms with E-state index in [-0.39, 0.29) is 5.97 Å². The fraction of sp³-hybridized carbons (Fsp3) is 0.533. The molecule has 2 rings (SSSR count). The Balaban J connectivity index is 1.88. The smallest absolute Gasteiger partial charge is 0.305 e. The molecule has 0 amide bonds. The fourth-order valence-corrected chi connectivity index (χ4v) is 2.37. The van der Waals surface area contributed by atoms with Crippen LogP contribution in [-0.4, -0.2) is 32.2 Å². The Bertz CT molecular complexity index is 414. The highest BCUT2D eigenvalue weighted by Gasteiger charge is 2.12. The van der Waals surface area contributed by atoms with Gasteiger partial charge in [0.05, 0.1) is 7.11 Å². The molecule has 4 heteroatoms. The summed E-state index contributed by atoms with van der Waals surface area (Å²) in [5.74, 6) is -0.156. The molecular formula is C15H22N2O2. The highest BCUT2D eigenvalue weighted by atomic mass is 16.5. The zero-order chi connectivity index (χ0) is 13.5. The van der Waals surface area contributed by atoms with E-state index in [1.807, 2.05) is 6.07 Å². The summed E-state index contributed by atoms with van der Waals surface area (Å²) in [7, 11) is 1.43. The molecule has 0 unspecified atom stereocenters. The van der Waals surface area contributed by atoms with Crippen molar-refractivity contribution in [1.82, 2.24) is 5.32 Å². The van der Waals surface area contributed by atoms with Gasteiger partial charge in [-0.2, -0.15) is 0 Å². The number of benzene rings is 1. The maximum atomic E-state index is 11.1. The Kier molecular flexibility index (Phi) is 5.21. The molecular weight excluding hydrogens is 240 g/mol. The molecule has 0 radical (unpaired) electrons. The molecule has 0 aliphatic carbocycles. The molecule has 0 saturated carbocycles. The molecule has 1 aliphatic heterocycles. The molecule has 0 aromatic heterocycles. The van der Waals surface area contributed by atoms with Crippen molar-refractivity contribution >= 4 is 11.7 Å². The minimum Gasteiger partial charge on any atom is -0.469 e. The molecule has 1 aromatic rings. The zero-order valence-corrected chi connectivity index (χ0v) is 11.4. The van der Waals surface area contributed by atoms with Crippen LogP contribution in [-0.2, 0) is 16.0 Å². The number of rotatable bonds is 5. The molecule has 0 bridgehead atoms. The van der Waals surface area contributed by atoms with E-state index in [1.165, 1.54) is 12.7 Å². The van der Waals surface area contributed by atoms with Gasteiger partial charge >= 0.3 is 5.97 Å². The van der Waals surface area contributed by atoms with Gasteiger partial charge in [-0.1, -0.05) is 12.1 Å². The van der Waals surface area contributed by atoms with Gasteiger partial charge in [-0.3, -0.25) is 4.79 Å². The summed E-state index contributed by atoms with van der Waals surface area (Å²) >= 11 is 0. The largest absolute Gasteiger partial charge is 0.469 e. The van der Waals surface area contributed by atoms with Gasteiger partial charge in [-0.15, -0.1) is 0 Å². The van der Waals surface area contributed by atoms with Crippen molar-refractivity contribution in [3.05, 3.63) is 29.8 Å². The Labute approximate surface area is 114 Å². The number of piperidine rings is 1. The molecule has 104 valence electrons. The number of methoxy groups -OCH3 is 1. The first-order valence-corrected chi connectivity index (χ1v) is 6.91. The van der Waals surface area contributed by atoms with Gasteiger partial charge in [0.1, 0.15) is 0 Å². The first kappa shape index (κ1) is 13.9. The Morgan fingerprint density at radius 3 is 2.95 bits per heavy atom. The average Bonchev–Trinajstić information content (AvgIpc) is 2.46. The first-order chi connectivity index (χ1) is 9.28. The van der Waals surface area contributed by atoms with Crippen LogP contribution in [0.4, 0.5) is 5.69 Å². The summed E-state index contributed by atoms with van der Waals surface area (Å²) in [4.78, 5) is 11.1. The standard InChI is InChI=1S/C15H22N2O2/c1-19-15(18)6-5-12-3-2-4-14(11-12)17-13-7-9-16-10-8-13/h2-4,11,13,16-17H,5-10H2,1H3. The van der Waals surface area contributed by atoms with E-state index < -0.39 is 0 Å². The lowest BCUT2D eigenvalue weighted by Crippen LogP contribution is -2.35. The third-order valence-electron chi connectivity index (χ3n) is 3.48. The van der Waals surface area contributed by atoms with Crippen LogP contribution in [0.2, 0.25) is 0 Å². The van der Waals surface area contributed by atoms with Gasteiger partial charge in [-0.25, -0.2) is 0 Å². The van der Waals surface area contributed by atoms with Gasteiger partial charge in [-0.05, 0) is 50.0 Å². The predicted molar refractivity (Wildman–Crippen MR) is 76.3 cm³/mol. The number of nitrogens with one attached hydrogen (secondary N) is 2. The lowest BCUT2D eigenvalue weighted by atomic mass is 10.1. The van der Waals surface area contributed by atoms with Crippen molar-refractivity contribution in [3.8, 4) is 0 Å². The zero-order valence-electron chi connectivity index (χ0n) is 11.4. The van der Waals surface area contributed by atoms with Crippen LogP contribution in [0.3, 0.4) is 0 Å². The summed E-state index contributed by atoms with van der Waals surface area (Å²) in [6.07, 6.45) is 3.49. The van der Waals surface area contributed by atoms with E-state index in [4.69, 9.17) is 0 Å². The summed E-state index contributed by atoms with van der Waals surface area (Å²) < 4.78 is 4.66. The minimum atomic E-state index is -0.156. The Morgan fingerprint density at radius 2 is 2.21 bits per heavy atom. The number of aryl methyl sites for hydroxylation is 1. The molecule has 1 aliphatic rings. The number of esters is 1. The van der Waals surface area contributed by atoms with Crippen LogP contribution < -0.4 is 10.6 Å². The lowest BCUT2D eigenvalue weighted by Gasteiger charge is -2.24. The summed E-state index contributed by atoms with van der Waals surface area (Å²) in [6, 6.07) is 8.86. The molecule has 1 fully saturated rings. The van der Waals surface area contributed by atoms with Crippen LogP contribution in [0.15, 0.2) is 24.3 Å². The number of ether oxygens (including phenoxy) is 1. The number of anilines is 1. The monoisotopic (exact) mass is 262 g/mol. The van der Waals surface area contributed by atoms with Gasteiger partial charge in [0.15, 0.2) is 0 Å². The number of carbonyl (C=O) groups is 1. The van der Waals surface area contributed by atoms with E-state index in [0.29, 0.717) is 12.5 Å². The quantitative estimate of drug-likeness (QED) is 0.796. The van der Waals surface area contributed by atoms with E-state index in [9.17, 15) is 4.79 Å². The van der Waals surface area contributed by atoms with E-state index in [1.54, 1.807) is 0 Å². The van der Waals surface area contributed by atoms with Crippen molar-refractivity contribution < 1.29 is 9.53 Å². The van der Waals surface area contributed by atoms with Gasteiger partial charge in [0.2, 0.25) is 0 Å². The van der Waals surface area contributed by atoms with Gasteiger partial charge in [0, 0.05) is 18.2 Å². The molecule has 0 spiro atoms. The summed E-state index contributed by atoms with van der Waals surface area (Å²) in [5.41, 5.74) is 2.32. The van der Waals surface area contributed by atoms with E-state index in [0.717, 1.165) is 38.0 Å². The van der Waals surface area contributed by atoms with Crippen molar-refractivity contribution in [1.29, 1.82) is 0 Å². The minimum absolute atomic E-state index is 0.156. The predicted octanol–water partition coefficient (Wildman–Crippen LogP) is 1.96. The van der Waals surface area contributed by atoms with Crippen LogP contribution in [0.1, 0.15) is 24.8 Å². The maximum absolute atomic E-state index is 11.1. The number of hydrogen-bond acceptors (Lipinski definition) is 4. The van der Waals surface area contributed by atoms with Crippen molar-refractivity contribution in [2.45, 2.75) is 31.7 Å². The molecule has 1 aromatic carbocycles. The second-order valence-corrected chi connectivity index (χ2v) is 4.95. The SMILES string of the molecule is COC(=O)CCc1cccc(NC2CCNCC2)c1. The van der Waals surface area contributed by atoms with Crippen LogP contribution in [0.25, 0.3) is 0 Å². The number of hydrogen-bond donors (Lipinski definition) is 2. The van der Waals surface area contributed by atoms with E-state index in [2.05, 4.69) is 33.6 Å². The third-order valence-corrected chi connectivity index (χ3v) is 3.48. The summed E-state index contributed by atoms with van der Waals surface area (Å²) in [6.45, 7) is 2.17. The molecule has 0 atom stereocenters. The molecule has 2 N–H and O–H groups in total. The third kappa shape index (κ3) is 4.56. The normalized spacial score (nSPS) is 16.1. The first-order valence-electron chi connectivity index (χ1n) is 6.91. The van der Waals surface area contributed by atoms with Crippen molar-refractivity contribution in [2.75, 3.05) is 25.5 Å². The Morgan fingerprint density at radius 1 is 1.42 bits per heavy atom. The highest BCUT2D eigenvalue weighted by Crippen LogP contribution is 2.16. The second-order valence-electron chi connectivity index (χ2n) is 4.95. The van der Waals surface area contributed by atoms with E-state index >= 15 is 0 Å². The Hall–Kier alpha value is -1.55. The molecule has 1 saturated heterocycles. The fourth-order valence-electron chi connectivity index (χ4n) is 2.37. The van der Waals surface area contributed by atoms with Crippen molar-refractivity contribution in [2.24, 2.45) is 0 Å². The van der Waals surface area contributed by atoms with Crippen LogP contribution in [0.5, 0.6) is 0 Å². The maximum Gasteiger partial charge on any atom is 0.305 e. The molecule has 1 heterocycles. The second kappa shape index (κ2) is 7.14. The van der Waals surface area contributed by atoms with Crippen molar-refractivity contribution in [3.63, 3.8) is 0 Å². The summed E-state index contributed by atoms with van der Waals surface area (Å²) in [5, 5.41) is 6.93. The van der Waals surface area contributed by atoms with Gasteiger partial charge in [0.25, 0.3) is 0 Å². The average molecular weight is 262 g/mol. The molecule has 19 heavy (non-hydrogen) atoms.